The van der Waals surface area contributed by atoms with E-state index in [1.807, 2.05) is 24.3 Å². The van der Waals surface area contributed by atoms with E-state index < -0.39 is 0 Å². The minimum atomic E-state index is 0.252. The Balaban J connectivity index is 1.62. The average Bonchev–Trinajstić information content (AvgIpc) is 3.05. The molecule has 0 aliphatic carbocycles. The molecule has 0 radical (unpaired) electrons. The Morgan fingerprint density at radius 1 is 1.26 bits per heavy atom. The molecule has 3 rings (SSSR count). The fourth-order valence-corrected chi connectivity index (χ4v) is 2.26. The zero-order chi connectivity index (χ0) is 13.1. The third kappa shape index (κ3) is 3.12. The summed E-state index contributed by atoms with van der Waals surface area (Å²) in [5, 5.41) is 4.00. The quantitative estimate of drug-likeness (QED) is 0.850. The third-order valence-electron chi connectivity index (χ3n) is 3.28. The minimum absolute atomic E-state index is 0.252. The van der Waals surface area contributed by atoms with Gasteiger partial charge >= 0.3 is 0 Å². The molecule has 1 saturated heterocycles. The first kappa shape index (κ1) is 12.2. The van der Waals surface area contributed by atoms with Crippen LogP contribution in [-0.2, 0) is 17.6 Å². The molecule has 0 saturated carbocycles. The van der Waals surface area contributed by atoms with Crippen LogP contribution in [0, 0.1) is 0 Å². The summed E-state index contributed by atoms with van der Waals surface area (Å²) in [4.78, 5) is 4.40. The van der Waals surface area contributed by atoms with Crippen molar-refractivity contribution in [1.29, 1.82) is 0 Å². The summed E-state index contributed by atoms with van der Waals surface area (Å²) in [6, 6.07) is 7.69. The Morgan fingerprint density at radius 3 is 2.84 bits per heavy atom. The Bertz CT molecular complexity index is 530. The van der Waals surface area contributed by atoms with Crippen molar-refractivity contribution in [2.24, 2.45) is 0 Å². The molecular formula is C14H17N3O2. The second kappa shape index (κ2) is 5.40. The van der Waals surface area contributed by atoms with Crippen LogP contribution in [0.2, 0.25) is 0 Å². The number of hydrogen-bond donors (Lipinski definition) is 1. The average molecular weight is 259 g/mol. The van der Waals surface area contributed by atoms with Crippen LogP contribution < -0.4 is 5.73 Å². The van der Waals surface area contributed by atoms with Crippen LogP contribution in [-0.4, -0.2) is 22.9 Å². The van der Waals surface area contributed by atoms with Gasteiger partial charge in [0.05, 0.1) is 12.5 Å². The highest BCUT2D eigenvalue weighted by molar-refractivity contribution is 5.39. The van der Waals surface area contributed by atoms with Gasteiger partial charge in [-0.25, -0.2) is 0 Å². The van der Waals surface area contributed by atoms with E-state index in [0.29, 0.717) is 12.3 Å². The summed E-state index contributed by atoms with van der Waals surface area (Å²) < 4.78 is 10.8. The second-order valence-electron chi connectivity index (χ2n) is 4.86. The summed E-state index contributed by atoms with van der Waals surface area (Å²) >= 11 is 0. The van der Waals surface area contributed by atoms with Crippen LogP contribution in [0.25, 0.3) is 0 Å². The standard InChI is InChI=1S/C14H17N3O2/c15-11-5-3-10(4-6-11)8-14-16-13(17-19-14)9-12-2-1-7-18-12/h3-6,12H,1-2,7-9,15H2. The molecular weight excluding hydrogens is 242 g/mol. The van der Waals surface area contributed by atoms with E-state index in [9.17, 15) is 0 Å². The molecule has 1 aromatic carbocycles. The van der Waals surface area contributed by atoms with Gasteiger partial charge in [-0.1, -0.05) is 17.3 Å². The predicted octanol–water partition coefficient (Wildman–Crippen LogP) is 1.96. The lowest BCUT2D eigenvalue weighted by molar-refractivity contribution is 0.109. The van der Waals surface area contributed by atoms with Crippen molar-refractivity contribution in [2.45, 2.75) is 31.8 Å². The molecule has 2 heterocycles. The van der Waals surface area contributed by atoms with Crippen molar-refractivity contribution in [1.82, 2.24) is 10.1 Å². The number of aromatic nitrogens is 2. The molecule has 100 valence electrons. The van der Waals surface area contributed by atoms with Crippen LogP contribution in [0.15, 0.2) is 28.8 Å². The molecule has 0 spiro atoms. The highest BCUT2D eigenvalue weighted by Gasteiger charge is 2.19. The maximum atomic E-state index is 5.65. The smallest absolute Gasteiger partial charge is 0.231 e. The van der Waals surface area contributed by atoms with Gasteiger partial charge in [0.15, 0.2) is 5.82 Å². The number of benzene rings is 1. The zero-order valence-electron chi connectivity index (χ0n) is 10.7. The summed E-state index contributed by atoms with van der Waals surface area (Å²) in [6.07, 6.45) is 3.84. The molecule has 1 atom stereocenters. The molecule has 1 fully saturated rings. The number of anilines is 1. The van der Waals surface area contributed by atoms with Crippen molar-refractivity contribution in [3.8, 4) is 0 Å². The number of nitrogens with zero attached hydrogens (tertiary/aromatic N) is 2. The summed E-state index contributed by atoms with van der Waals surface area (Å²) in [6.45, 7) is 0.848. The lowest BCUT2D eigenvalue weighted by Crippen LogP contribution is -2.09. The second-order valence-corrected chi connectivity index (χ2v) is 4.86. The van der Waals surface area contributed by atoms with Crippen LogP contribution in [0.5, 0.6) is 0 Å². The SMILES string of the molecule is Nc1ccc(Cc2nc(CC3CCCO3)no2)cc1. The first-order valence-electron chi connectivity index (χ1n) is 6.57. The van der Waals surface area contributed by atoms with Gasteiger partial charge in [0.1, 0.15) is 0 Å². The highest BCUT2D eigenvalue weighted by atomic mass is 16.5. The van der Waals surface area contributed by atoms with Gasteiger partial charge < -0.3 is 15.0 Å². The van der Waals surface area contributed by atoms with Crippen LogP contribution in [0.4, 0.5) is 5.69 Å². The van der Waals surface area contributed by atoms with E-state index in [0.717, 1.165) is 42.9 Å². The summed E-state index contributed by atoms with van der Waals surface area (Å²) in [5.41, 5.74) is 7.52. The van der Waals surface area contributed by atoms with Crippen molar-refractivity contribution < 1.29 is 9.26 Å². The Hall–Kier alpha value is -1.88. The van der Waals surface area contributed by atoms with Crippen molar-refractivity contribution >= 4 is 5.69 Å². The van der Waals surface area contributed by atoms with Crippen LogP contribution in [0.3, 0.4) is 0 Å². The van der Waals surface area contributed by atoms with E-state index in [4.69, 9.17) is 15.0 Å². The van der Waals surface area contributed by atoms with Gasteiger partial charge in [0.2, 0.25) is 5.89 Å². The van der Waals surface area contributed by atoms with Crippen molar-refractivity contribution in [3.05, 3.63) is 41.5 Å². The highest BCUT2D eigenvalue weighted by Crippen LogP contribution is 2.16. The molecule has 2 N–H and O–H groups in total. The first-order chi connectivity index (χ1) is 9.29. The fourth-order valence-electron chi connectivity index (χ4n) is 2.26. The molecule has 5 heteroatoms. The van der Waals surface area contributed by atoms with E-state index in [1.54, 1.807) is 0 Å². The van der Waals surface area contributed by atoms with Gasteiger partial charge in [-0.3, -0.25) is 0 Å². The van der Waals surface area contributed by atoms with E-state index in [2.05, 4.69) is 10.1 Å². The predicted molar refractivity (Wildman–Crippen MR) is 70.6 cm³/mol. The van der Waals surface area contributed by atoms with Gasteiger partial charge in [-0.15, -0.1) is 0 Å². The Labute approximate surface area is 111 Å². The molecule has 19 heavy (non-hydrogen) atoms. The van der Waals surface area contributed by atoms with Gasteiger partial charge in [-0.05, 0) is 30.5 Å². The lowest BCUT2D eigenvalue weighted by Gasteiger charge is -2.03. The fraction of sp³-hybridized carbons (Fsp3) is 0.429. The number of hydrogen-bond acceptors (Lipinski definition) is 5. The molecule has 0 amide bonds. The van der Waals surface area contributed by atoms with Gasteiger partial charge in [0.25, 0.3) is 0 Å². The third-order valence-corrected chi connectivity index (χ3v) is 3.28. The molecule has 0 bridgehead atoms. The maximum absolute atomic E-state index is 5.65. The number of ether oxygens (including phenoxy) is 1. The molecule has 5 nitrogen and oxygen atoms in total. The number of nitrogens with two attached hydrogens (primary N) is 1. The van der Waals surface area contributed by atoms with Gasteiger partial charge in [-0.2, -0.15) is 4.98 Å². The molecule has 1 aromatic heterocycles. The van der Waals surface area contributed by atoms with Crippen LogP contribution in [0.1, 0.15) is 30.1 Å². The largest absolute Gasteiger partial charge is 0.399 e. The Kier molecular flexibility index (Phi) is 3.46. The zero-order valence-corrected chi connectivity index (χ0v) is 10.7. The normalized spacial score (nSPS) is 18.8. The van der Waals surface area contributed by atoms with E-state index in [-0.39, 0.29) is 6.10 Å². The van der Waals surface area contributed by atoms with Crippen molar-refractivity contribution in [3.63, 3.8) is 0 Å². The lowest BCUT2D eigenvalue weighted by atomic mass is 10.1. The molecule has 1 aliphatic rings. The molecule has 1 aliphatic heterocycles. The van der Waals surface area contributed by atoms with E-state index in [1.165, 1.54) is 0 Å². The van der Waals surface area contributed by atoms with Gasteiger partial charge in [0, 0.05) is 18.7 Å². The van der Waals surface area contributed by atoms with E-state index >= 15 is 0 Å². The Morgan fingerprint density at radius 2 is 2.11 bits per heavy atom. The summed E-state index contributed by atoms with van der Waals surface area (Å²) in [5.74, 6) is 1.37. The summed E-state index contributed by atoms with van der Waals surface area (Å²) in [7, 11) is 0. The van der Waals surface area contributed by atoms with Crippen molar-refractivity contribution in [2.75, 3.05) is 12.3 Å². The molecule has 2 aromatic rings. The first-order valence-corrected chi connectivity index (χ1v) is 6.57. The topological polar surface area (TPSA) is 74.2 Å². The van der Waals surface area contributed by atoms with Crippen LogP contribution >= 0.6 is 0 Å². The number of nitrogen functional groups attached to an aromatic ring is 1. The monoisotopic (exact) mass is 259 g/mol. The number of rotatable bonds is 4. The molecule has 1 unspecified atom stereocenters. The maximum Gasteiger partial charge on any atom is 0.231 e. The minimum Gasteiger partial charge on any atom is -0.399 e.